The summed E-state index contributed by atoms with van der Waals surface area (Å²) in [4.78, 5) is 0. The molecule has 7 heteroatoms. The summed E-state index contributed by atoms with van der Waals surface area (Å²) in [5, 5.41) is 0. The molecule has 0 spiro atoms. The van der Waals surface area contributed by atoms with E-state index in [0.717, 1.165) is 18.2 Å². The average molecular weight is 274 g/mol. The quantitative estimate of drug-likeness (QED) is 0.859. The maximum atomic E-state index is 12.8. The van der Waals surface area contributed by atoms with Crippen LogP contribution >= 0.6 is 12.4 Å². The fourth-order valence-electron chi connectivity index (χ4n) is 1.17. The molecule has 0 aliphatic rings. The first-order chi connectivity index (χ1) is 7.29. The molecular formula is C10H12ClF4NO. The summed E-state index contributed by atoms with van der Waals surface area (Å²) < 4.78 is 53.2. The van der Waals surface area contributed by atoms with Crippen LogP contribution in [0.25, 0.3) is 0 Å². The second-order valence-corrected chi connectivity index (χ2v) is 3.37. The lowest BCUT2D eigenvalue weighted by Gasteiger charge is -2.15. The van der Waals surface area contributed by atoms with Gasteiger partial charge >= 0.3 is 6.18 Å². The standard InChI is InChI=1S/C10H11F4NO.ClH/c1-6(15)8-4-7(11)2-3-9(8)16-5-10(12,13)14;/h2-4,6H,5,15H2,1H3;1H. The number of benzene rings is 1. The first kappa shape index (κ1) is 16.0. The zero-order valence-electron chi connectivity index (χ0n) is 8.92. The molecule has 1 unspecified atom stereocenters. The molecule has 1 atom stereocenters. The number of rotatable bonds is 3. The largest absolute Gasteiger partial charge is 0.484 e. The smallest absolute Gasteiger partial charge is 0.422 e. The van der Waals surface area contributed by atoms with Crippen molar-refractivity contribution < 1.29 is 22.3 Å². The molecule has 0 aliphatic carbocycles. The van der Waals surface area contributed by atoms with E-state index < -0.39 is 24.6 Å². The Hall–Kier alpha value is -1.01. The van der Waals surface area contributed by atoms with Crippen LogP contribution in [0.2, 0.25) is 0 Å². The van der Waals surface area contributed by atoms with Crippen molar-refractivity contribution in [3.63, 3.8) is 0 Å². The Morgan fingerprint density at radius 2 is 1.94 bits per heavy atom. The maximum Gasteiger partial charge on any atom is 0.422 e. The highest BCUT2D eigenvalue weighted by atomic mass is 35.5. The summed E-state index contributed by atoms with van der Waals surface area (Å²) >= 11 is 0. The number of halogens is 5. The van der Waals surface area contributed by atoms with Crippen molar-refractivity contribution in [2.75, 3.05) is 6.61 Å². The summed E-state index contributed by atoms with van der Waals surface area (Å²) in [6.07, 6.45) is -4.43. The average Bonchev–Trinajstić information content (AvgIpc) is 2.14. The summed E-state index contributed by atoms with van der Waals surface area (Å²) in [6.45, 7) is 0.119. The van der Waals surface area contributed by atoms with Crippen LogP contribution in [0, 0.1) is 5.82 Å². The van der Waals surface area contributed by atoms with Crippen LogP contribution < -0.4 is 10.5 Å². The predicted octanol–water partition coefficient (Wildman–Crippen LogP) is 3.21. The third-order valence-corrected chi connectivity index (χ3v) is 1.85. The fraction of sp³-hybridized carbons (Fsp3) is 0.400. The van der Waals surface area contributed by atoms with Crippen LogP contribution in [-0.4, -0.2) is 12.8 Å². The minimum atomic E-state index is -4.43. The van der Waals surface area contributed by atoms with Crippen LogP contribution in [0.3, 0.4) is 0 Å². The normalized spacial score (nSPS) is 12.8. The van der Waals surface area contributed by atoms with Crippen LogP contribution in [0.15, 0.2) is 18.2 Å². The van der Waals surface area contributed by atoms with Gasteiger partial charge in [0.1, 0.15) is 11.6 Å². The van der Waals surface area contributed by atoms with E-state index in [4.69, 9.17) is 5.73 Å². The Bertz CT molecular complexity index is 368. The SMILES string of the molecule is CC(N)c1cc(F)ccc1OCC(F)(F)F.Cl. The molecule has 0 bridgehead atoms. The van der Waals surface area contributed by atoms with Crippen molar-refractivity contribution in [1.29, 1.82) is 0 Å². The molecule has 1 aromatic rings. The van der Waals surface area contributed by atoms with Gasteiger partial charge in [-0.2, -0.15) is 13.2 Å². The monoisotopic (exact) mass is 273 g/mol. The zero-order valence-corrected chi connectivity index (χ0v) is 9.74. The number of alkyl halides is 3. The molecule has 0 aromatic heterocycles. The van der Waals surface area contributed by atoms with Crippen LogP contribution in [-0.2, 0) is 0 Å². The van der Waals surface area contributed by atoms with Crippen molar-refractivity contribution in [2.45, 2.75) is 19.1 Å². The van der Waals surface area contributed by atoms with Crippen LogP contribution in [0.5, 0.6) is 5.75 Å². The molecule has 0 saturated carbocycles. The van der Waals surface area contributed by atoms with E-state index in [-0.39, 0.29) is 23.7 Å². The van der Waals surface area contributed by atoms with Crippen molar-refractivity contribution in [1.82, 2.24) is 0 Å². The Morgan fingerprint density at radius 1 is 1.35 bits per heavy atom. The Kier molecular flexibility index (Phi) is 5.71. The Morgan fingerprint density at radius 3 is 2.41 bits per heavy atom. The minimum Gasteiger partial charge on any atom is -0.484 e. The molecule has 0 saturated heterocycles. The van der Waals surface area contributed by atoms with Gasteiger partial charge in [0.05, 0.1) is 0 Å². The molecule has 0 heterocycles. The minimum absolute atomic E-state index is 0. The Balaban J connectivity index is 0.00000256. The molecule has 0 aliphatic heterocycles. The zero-order chi connectivity index (χ0) is 12.3. The van der Waals surface area contributed by atoms with E-state index >= 15 is 0 Å². The Labute approximate surface area is 102 Å². The van der Waals surface area contributed by atoms with Gasteiger partial charge in [-0.3, -0.25) is 0 Å². The fourth-order valence-corrected chi connectivity index (χ4v) is 1.17. The van der Waals surface area contributed by atoms with E-state index in [1.807, 2.05) is 0 Å². The van der Waals surface area contributed by atoms with E-state index in [9.17, 15) is 17.6 Å². The van der Waals surface area contributed by atoms with Gasteiger partial charge in [-0.15, -0.1) is 12.4 Å². The molecule has 17 heavy (non-hydrogen) atoms. The van der Waals surface area contributed by atoms with Gasteiger partial charge in [-0.1, -0.05) is 0 Å². The number of ether oxygens (including phenoxy) is 1. The van der Waals surface area contributed by atoms with Crippen LogP contribution in [0.1, 0.15) is 18.5 Å². The molecule has 0 radical (unpaired) electrons. The first-order valence-corrected chi connectivity index (χ1v) is 4.54. The third kappa shape index (κ3) is 5.23. The number of hydrogen-bond donors (Lipinski definition) is 1. The van der Waals surface area contributed by atoms with Gasteiger partial charge < -0.3 is 10.5 Å². The highest BCUT2D eigenvalue weighted by molar-refractivity contribution is 5.85. The highest BCUT2D eigenvalue weighted by Gasteiger charge is 2.29. The first-order valence-electron chi connectivity index (χ1n) is 4.54. The van der Waals surface area contributed by atoms with Crippen molar-refractivity contribution in [2.24, 2.45) is 5.73 Å². The second kappa shape index (κ2) is 6.07. The molecule has 2 N–H and O–H groups in total. The lowest BCUT2D eigenvalue weighted by Crippen LogP contribution is -2.20. The molecule has 1 rings (SSSR count). The van der Waals surface area contributed by atoms with Gasteiger partial charge in [0.2, 0.25) is 0 Å². The van der Waals surface area contributed by atoms with E-state index in [1.165, 1.54) is 6.92 Å². The summed E-state index contributed by atoms with van der Waals surface area (Å²) in [5.41, 5.74) is 5.71. The lowest BCUT2D eigenvalue weighted by molar-refractivity contribution is -0.153. The summed E-state index contributed by atoms with van der Waals surface area (Å²) in [7, 11) is 0. The maximum absolute atomic E-state index is 12.8. The molecule has 0 amide bonds. The lowest BCUT2D eigenvalue weighted by atomic mass is 10.1. The van der Waals surface area contributed by atoms with E-state index in [0.29, 0.717) is 0 Å². The van der Waals surface area contributed by atoms with Crippen molar-refractivity contribution >= 4 is 12.4 Å². The van der Waals surface area contributed by atoms with Gasteiger partial charge in [0, 0.05) is 11.6 Å². The van der Waals surface area contributed by atoms with Crippen molar-refractivity contribution in [3.8, 4) is 5.75 Å². The second-order valence-electron chi connectivity index (χ2n) is 3.37. The van der Waals surface area contributed by atoms with Gasteiger partial charge in [0.15, 0.2) is 6.61 Å². The number of hydrogen-bond acceptors (Lipinski definition) is 2. The summed E-state index contributed by atoms with van der Waals surface area (Å²) in [6, 6.07) is 2.63. The third-order valence-electron chi connectivity index (χ3n) is 1.85. The molecular weight excluding hydrogens is 262 g/mol. The van der Waals surface area contributed by atoms with Crippen LogP contribution in [0.4, 0.5) is 17.6 Å². The topological polar surface area (TPSA) is 35.2 Å². The molecule has 0 fully saturated rings. The van der Waals surface area contributed by atoms with E-state index in [2.05, 4.69) is 4.74 Å². The van der Waals surface area contributed by atoms with Crippen molar-refractivity contribution in [3.05, 3.63) is 29.6 Å². The summed E-state index contributed by atoms with van der Waals surface area (Å²) in [5.74, 6) is -0.611. The van der Waals surface area contributed by atoms with Gasteiger partial charge in [-0.25, -0.2) is 4.39 Å². The predicted molar refractivity (Wildman–Crippen MR) is 57.8 cm³/mol. The highest BCUT2D eigenvalue weighted by Crippen LogP contribution is 2.26. The van der Waals surface area contributed by atoms with Gasteiger partial charge in [-0.05, 0) is 25.1 Å². The number of nitrogens with two attached hydrogens (primary N) is 1. The molecule has 2 nitrogen and oxygen atoms in total. The molecule has 1 aromatic carbocycles. The molecule has 98 valence electrons. The van der Waals surface area contributed by atoms with Gasteiger partial charge in [0.25, 0.3) is 0 Å². The van der Waals surface area contributed by atoms with E-state index in [1.54, 1.807) is 0 Å².